The maximum Gasteiger partial charge on any atom is 0.347 e. The molecule has 1 aromatic rings. The van der Waals surface area contributed by atoms with Crippen molar-refractivity contribution in [3.8, 4) is 5.75 Å². The summed E-state index contributed by atoms with van der Waals surface area (Å²) >= 11 is 0. The average molecular weight is 238 g/mol. The van der Waals surface area contributed by atoms with Gasteiger partial charge in [-0.1, -0.05) is 6.07 Å². The third kappa shape index (κ3) is 2.75. The Labute approximate surface area is 99.5 Å². The minimum Gasteiger partial charge on any atom is -0.475 e. The van der Waals surface area contributed by atoms with Gasteiger partial charge < -0.3 is 9.47 Å². The summed E-state index contributed by atoms with van der Waals surface area (Å²) in [6, 6.07) is 4.59. The van der Waals surface area contributed by atoms with E-state index in [1.165, 1.54) is 13.2 Å². The Morgan fingerprint density at radius 2 is 2.18 bits per heavy atom. The highest BCUT2D eigenvalue weighted by Gasteiger charge is 2.39. The van der Waals surface area contributed by atoms with Crippen LogP contribution in [0.4, 0.5) is 4.39 Å². The highest BCUT2D eigenvalue weighted by molar-refractivity contribution is 5.75. The first-order valence-corrected chi connectivity index (χ1v) is 5.62. The average Bonchev–Trinajstić information content (AvgIpc) is 3.13. The summed E-state index contributed by atoms with van der Waals surface area (Å²) in [6.07, 6.45) is 1.16. The molecule has 0 saturated heterocycles. The van der Waals surface area contributed by atoms with Gasteiger partial charge in [-0.15, -0.1) is 0 Å². The van der Waals surface area contributed by atoms with E-state index in [9.17, 15) is 9.18 Å². The van der Waals surface area contributed by atoms with E-state index < -0.39 is 17.9 Å². The molecule has 0 amide bonds. The summed E-state index contributed by atoms with van der Waals surface area (Å²) in [7, 11) is 1.31. The zero-order chi connectivity index (χ0) is 12.4. The van der Waals surface area contributed by atoms with E-state index in [0.29, 0.717) is 0 Å². The first-order chi connectivity index (χ1) is 8.11. The lowest BCUT2D eigenvalue weighted by Gasteiger charge is -2.17. The van der Waals surface area contributed by atoms with Crippen LogP contribution in [0.25, 0.3) is 0 Å². The molecule has 0 heterocycles. The van der Waals surface area contributed by atoms with E-state index in [-0.39, 0.29) is 11.7 Å². The number of carbonyl (C=O) groups excluding carboxylic acids is 1. The zero-order valence-corrected chi connectivity index (χ0v) is 9.90. The number of carbonyl (C=O) groups is 1. The maximum absolute atomic E-state index is 13.5. The summed E-state index contributed by atoms with van der Waals surface area (Å²) < 4.78 is 23.6. The SMILES string of the molecule is COC(=O)C(Oc1cc(C)ccc1F)C1CC1. The van der Waals surface area contributed by atoms with Gasteiger partial charge in [0.2, 0.25) is 0 Å². The second-order valence-electron chi connectivity index (χ2n) is 4.33. The van der Waals surface area contributed by atoms with Gasteiger partial charge >= 0.3 is 5.97 Å². The lowest BCUT2D eigenvalue weighted by molar-refractivity contribution is -0.149. The van der Waals surface area contributed by atoms with Gasteiger partial charge in [0.1, 0.15) is 0 Å². The molecule has 3 nitrogen and oxygen atoms in total. The van der Waals surface area contributed by atoms with Crippen LogP contribution in [0, 0.1) is 18.7 Å². The molecular weight excluding hydrogens is 223 g/mol. The number of aryl methyl sites for hydroxylation is 1. The van der Waals surface area contributed by atoms with Crippen LogP contribution in [-0.4, -0.2) is 19.2 Å². The second kappa shape index (κ2) is 4.73. The number of methoxy groups -OCH3 is 1. The molecule has 0 N–H and O–H groups in total. The molecule has 1 aliphatic carbocycles. The molecule has 4 heteroatoms. The van der Waals surface area contributed by atoms with Crippen molar-refractivity contribution in [2.45, 2.75) is 25.9 Å². The van der Waals surface area contributed by atoms with Crippen LogP contribution >= 0.6 is 0 Å². The van der Waals surface area contributed by atoms with Crippen LogP contribution < -0.4 is 4.74 Å². The fourth-order valence-corrected chi connectivity index (χ4v) is 1.69. The normalized spacial score (nSPS) is 16.4. The van der Waals surface area contributed by atoms with Gasteiger partial charge in [0.25, 0.3) is 0 Å². The third-order valence-corrected chi connectivity index (χ3v) is 2.82. The van der Waals surface area contributed by atoms with Crippen molar-refractivity contribution in [2.75, 3.05) is 7.11 Å². The number of halogens is 1. The van der Waals surface area contributed by atoms with Crippen LogP contribution in [0.2, 0.25) is 0 Å². The van der Waals surface area contributed by atoms with Gasteiger partial charge in [0, 0.05) is 5.92 Å². The highest BCUT2D eigenvalue weighted by atomic mass is 19.1. The second-order valence-corrected chi connectivity index (χ2v) is 4.33. The van der Waals surface area contributed by atoms with Crippen LogP contribution in [-0.2, 0) is 9.53 Å². The molecule has 1 unspecified atom stereocenters. The van der Waals surface area contributed by atoms with Crippen molar-refractivity contribution in [2.24, 2.45) is 5.92 Å². The molecule has 2 rings (SSSR count). The summed E-state index contributed by atoms with van der Waals surface area (Å²) in [6.45, 7) is 1.84. The molecule has 0 radical (unpaired) electrons. The summed E-state index contributed by atoms with van der Waals surface area (Å²) in [5, 5.41) is 0. The van der Waals surface area contributed by atoms with Gasteiger partial charge in [-0.2, -0.15) is 0 Å². The molecule has 92 valence electrons. The van der Waals surface area contributed by atoms with Crippen molar-refractivity contribution in [1.29, 1.82) is 0 Å². The number of esters is 1. The Morgan fingerprint density at radius 1 is 1.47 bits per heavy atom. The predicted molar refractivity (Wildman–Crippen MR) is 60.3 cm³/mol. The monoisotopic (exact) mass is 238 g/mol. The van der Waals surface area contributed by atoms with E-state index in [0.717, 1.165) is 18.4 Å². The molecule has 1 aromatic carbocycles. The number of hydrogen-bond donors (Lipinski definition) is 0. The topological polar surface area (TPSA) is 35.5 Å². The molecule has 0 spiro atoms. The largest absolute Gasteiger partial charge is 0.475 e. The standard InChI is InChI=1S/C13H15FO3/c1-8-3-6-10(14)11(7-8)17-12(9-4-5-9)13(15)16-2/h3,6-7,9,12H,4-5H2,1-2H3. The molecular formula is C13H15FO3. The molecule has 0 aliphatic heterocycles. The van der Waals surface area contributed by atoms with Crippen molar-refractivity contribution in [3.05, 3.63) is 29.6 Å². The van der Waals surface area contributed by atoms with E-state index in [4.69, 9.17) is 4.74 Å². The third-order valence-electron chi connectivity index (χ3n) is 2.82. The number of benzene rings is 1. The number of hydrogen-bond acceptors (Lipinski definition) is 3. The predicted octanol–water partition coefficient (Wildman–Crippen LogP) is 2.46. The van der Waals surface area contributed by atoms with Crippen LogP contribution in [0.3, 0.4) is 0 Å². The van der Waals surface area contributed by atoms with Gasteiger partial charge in [-0.3, -0.25) is 0 Å². The Bertz CT molecular complexity index is 427. The maximum atomic E-state index is 13.5. The fourth-order valence-electron chi connectivity index (χ4n) is 1.69. The molecule has 17 heavy (non-hydrogen) atoms. The Kier molecular flexibility index (Phi) is 3.31. The number of ether oxygens (including phenoxy) is 2. The Hall–Kier alpha value is -1.58. The van der Waals surface area contributed by atoms with Crippen LogP contribution in [0.15, 0.2) is 18.2 Å². The lowest BCUT2D eigenvalue weighted by Crippen LogP contribution is -2.31. The van der Waals surface area contributed by atoms with E-state index in [1.807, 2.05) is 6.92 Å². The molecule has 0 aromatic heterocycles. The van der Waals surface area contributed by atoms with Crippen molar-refractivity contribution in [1.82, 2.24) is 0 Å². The minimum atomic E-state index is -0.684. The lowest BCUT2D eigenvalue weighted by atomic mass is 10.2. The van der Waals surface area contributed by atoms with Crippen molar-refractivity contribution >= 4 is 5.97 Å². The molecule has 1 fully saturated rings. The van der Waals surface area contributed by atoms with Crippen LogP contribution in [0.5, 0.6) is 5.75 Å². The quantitative estimate of drug-likeness (QED) is 0.756. The summed E-state index contributed by atoms with van der Waals surface area (Å²) in [4.78, 5) is 11.5. The summed E-state index contributed by atoms with van der Waals surface area (Å²) in [5.74, 6) is -0.617. The van der Waals surface area contributed by atoms with Gasteiger partial charge in [0.15, 0.2) is 17.7 Å². The van der Waals surface area contributed by atoms with Crippen molar-refractivity contribution < 1.29 is 18.7 Å². The first-order valence-electron chi connectivity index (χ1n) is 5.62. The van der Waals surface area contributed by atoms with Crippen LogP contribution in [0.1, 0.15) is 18.4 Å². The van der Waals surface area contributed by atoms with Gasteiger partial charge in [-0.25, -0.2) is 9.18 Å². The smallest absolute Gasteiger partial charge is 0.347 e. The van der Waals surface area contributed by atoms with Gasteiger partial charge in [-0.05, 0) is 37.5 Å². The summed E-state index contributed by atoms with van der Waals surface area (Å²) in [5.41, 5.74) is 0.890. The van der Waals surface area contributed by atoms with E-state index in [2.05, 4.69) is 4.74 Å². The van der Waals surface area contributed by atoms with E-state index in [1.54, 1.807) is 12.1 Å². The molecule has 1 saturated carbocycles. The minimum absolute atomic E-state index is 0.118. The van der Waals surface area contributed by atoms with E-state index >= 15 is 0 Å². The Balaban J connectivity index is 2.16. The number of rotatable bonds is 4. The van der Waals surface area contributed by atoms with Gasteiger partial charge in [0.05, 0.1) is 7.11 Å². The van der Waals surface area contributed by atoms with Crippen molar-refractivity contribution in [3.63, 3.8) is 0 Å². The zero-order valence-electron chi connectivity index (χ0n) is 9.90. The Morgan fingerprint density at radius 3 is 2.76 bits per heavy atom. The molecule has 1 atom stereocenters. The first kappa shape index (κ1) is 11.9. The molecule has 1 aliphatic rings. The fraction of sp³-hybridized carbons (Fsp3) is 0.462. The molecule has 0 bridgehead atoms. The highest BCUT2D eigenvalue weighted by Crippen LogP contribution is 2.36.